The molecule has 1 saturated heterocycles. The number of nitrogens with zero attached hydrogens (tertiary/aromatic N) is 1. The highest BCUT2D eigenvalue weighted by molar-refractivity contribution is 5.95. The van der Waals surface area contributed by atoms with E-state index in [-0.39, 0.29) is 18.2 Å². The number of nitriles is 1. The number of benzene rings is 1. The van der Waals surface area contributed by atoms with Gasteiger partial charge in [-0.05, 0) is 36.8 Å². The molecule has 0 bridgehead atoms. The normalized spacial score (nSPS) is 21.0. The summed E-state index contributed by atoms with van der Waals surface area (Å²) in [6.45, 7) is 0.543. The second-order valence-electron chi connectivity index (χ2n) is 8.19. The molecule has 2 aliphatic rings. The molecule has 4 atom stereocenters. The van der Waals surface area contributed by atoms with E-state index in [1.54, 1.807) is 12.1 Å². The van der Waals surface area contributed by atoms with Gasteiger partial charge in [-0.2, -0.15) is 5.26 Å². The maximum absolute atomic E-state index is 12.9. The largest absolute Gasteiger partial charge is 0.376 e. The average molecular weight is 425 g/mol. The molecule has 1 aromatic rings. The Morgan fingerprint density at radius 2 is 1.94 bits per heavy atom. The Bertz CT molecular complexity index is 860. The van der Waals surface area contributed by atoms with Gasteiger partial charge in [0.2, 0.25) is 17.7 Å². The molecule has 3 amide bonds. The van der Waals surface area contributed by atoms with Crippen LogP contribution in [0.4, 0.5) is 0 Å². The minimum Gasteiger partial charge on any atom is -0.376 e. The van der Waals surface area contributed by atoms with Crippen molar-refractivity contribution in [3.8, 4) is 6.07 Å². The molecule has 164 valence electrons. The molecular weight excluding hydrogens is 396 g/mol. The van der Waals surface area contributed by atoms with Crippen LogP contribution in [0.1, 0.15) is 37.7 Å². The van der Waals surface area contributed by atoms with Gasteiger partial charge in [-0.3, -0.25) is 14.4 Å². The van der Waals surface area contributed by atoms with Crippen molar-refractivity contribution in [1.29, 1.82) is 5.26 Å². The summed E-state index contributed by atoms with van der Waals surface area (Å²) >= 11 is 0. The standard InChI is InChI=1S/C23H28N4O4/c24-14-20(28)18(13-17-10-11-25-22(17)30)27-23(31)19(12-16-6-7-16)26-21(29)9-8-15-4-2-1-3-5-15/h1-5,8-9,16-20,28H,6-7,10-13H2,(H,25,30)(H,26,29)(H,27,31)/b9-8+/t17-,18?,19-,20?/m0/s1. The lowest BCUT2D eigenvalue weighted by molar-refractivity contribution is -0.129. The van der Waals surface area contributed by atoms with Crippen molar-refractivity contribution in [2.45, 2.75) is 50.3 Å². The first kappa shape index (κ1) is 22.5. The summed E-state index contributed by atoms with van der Waals surface area (Å²) in [7, 11) is 0. The Kier molecular flexibility index (Phi) is 7.79. The minimum atomic E-state index is -1.44. The van der Waals surface area contributed by atoms with Crippen molar-refractivity contribution in [3.05, 3.63) is 42.0 Å². The fourth-order valence-corrected chi connectivity index (χ4v) is 3.69. The van der Waals surface area contributed by atoms with Crippen LogP contribution in [0, 0.1) is 23.2 Å². The predicted molar refractivity (Wildman–Crippen MR) is 114 cm³/mol. The number of hydrogen-bond acceptors (Lipinski definition) is 5. The summed E-state index contributed by atoms with van der Waals surface area (Å²) < 4.78 is 0. The van der Waals surface area contributed by atoms with Crippen molar-refractivity contribution < 1.29 is 19.5 Å². The Balaban J connectivity index is 1.63. The quantitative estimate of drug-likeness (QED) is 0.327. The van der Waals surface area contributed by atoms with Crippen molar-refractivity contribution in [2.75, 3.05) is 6.54 Å². The second kappa shape index (κ2) is 10.7. The Morgan fingerprint density at radius 1 is 1.19 bits per heavy atom. The van der Waals surface area contributed by atoms with E-state index < -0.39 is 30.0 Å². The van der Waals surface area contributed by atoms with Crippen LogP contribution in [0.25, 0.3) is 6.08 Å². The van der Waals surface area contributed by atoms with Gasteiger partial charge in [-0.25, -0.2) is 0 Å². The van der Waals surface area contributed by atoms with Crippen LogP contribution in [0.3, 0.4) is 0 Å². The third kappa shape index (κ3) is 6.93. The summed E-state index contributed by atoms with van der Waals surface area (Å²) in [6, 6.07) is 9.44. The SMILES string of the molecule is N#CC(O)C(C[C@@H]1CCNC1=O)NC(=O)[C@H](CC1CC1)NC(=O)/C=C/c1ccccc1. The van der Waals surface area contributed by atoms with Crippen LogP contribution in [0.15, 0.2) is 36.4 Å². The fraction of sp³-hybridized carbons (Fsp3) is 0.478. The van der Waals surface area contributed by atoms with E-state index in [1.807, 2.05) is 30.3 Å². The van der Waals surface area contributed by atoms with Gasteiger partial charge in [0.25, 0.3) is 0 Å². The van der Waals surface area contributed by atoms with Crippen LogP contribution in [-0.2, 0) is 14.4 Å². The first-order valence-corrected chi connectivity index (χ1v) is 10.7. The van der Waals surface area contributed by atoms with Gasteiger partial charge in [0.1, 0.15) is 6.04 Å². The maximum Gasteiger partial charge on any atom is 0.244 e. The molecule has 4 N–H and O–H groups in total. The monoisotopic (exact) mass is 424 g/mol. The first-order valence-electron chi connectivity index (χ1n) is 10.7. The van der Waals surface area contributed by atoms with E-state index in [9.17, 15) is 19.5 Å². The molecule has 1 saturated carbocycles. The number of amides is 3. The smallest absolute Gasteiger partial charge is 0.244 e. The molecular formula is C23H28N4O4. The molecule has 2 unspecified atom stereocenters. The number of carbonyl (C=O) groups is 3. The minimum absolute atomic E-state index is 0.140. The highest BCUT2D eigenvalue weighted by Crippen LogP contribution is 2.33. The first-order chi connectivity index (χ1) is 15.0. The molecule has 1 aliphatic heterocycles. The van der Waals surface area contributed by atoms with Gasteiger partial charge < -0.3 is 21.1 Å². The van der Waals surface area contributed by atoms with Gasteiger partial charge >= 0.3 is 0 Å². The number of aliphatic hydroxyl groups is 1. The van der Waals surface area contributed by atoms with E-state index in [0.717, 1.165) is 18.4 Å². The summed E-state index contributed by atoms with van der Waals surface area (Å²) in [5.41, 5.74) is 0.868. The Labute approximate surface area is 181 Å². The molecule has 0 aromatic heterocycles. The maximum atomic E-state index is 12.9. The van der Waals surface area contributed by atoms with E-state index in [2.05, 4.69) is 16.0 Å². The molecule has 0 radical (unpaired) electrons. The summed E-state index contributed by atoms with van der Waals surface area (Å²) in [4.78, 5) is 37.2. The zero-order chi connectivity index (χ0) is 22.2. The highest BCUT2D eigenvalue weighted by Gasteiger charge is 2.35. The Morgan fingerprint density at radius 3 is 2.55 bits per heavy atom. The number of rotatable bonds is 10. The van der Waals surface area contributed by atoms with E-state index >= 15 is 0 Å². The Hall–Kier alpha value is -3.18. The van der Waals surface area contributed by atoms with Crippen molar-refractivity contribution >= 4 is 23.8 Å². The van der Waals surface area contributed by atoms with Crippen LogP contribution < -0.4 is 16.0 Å². The van der Waals surface area contributed by atoms with Crippen molar-refractivity contribution in [1.82, 2.24) is 16.0 Å². The van der Waals surface area contributed by atoms with Crippen LogP contribution in [0.5, 0.6) is 0 Å². The van der Waals surface area contributed by atoms with Crippen LogP contribution >= 0.6 is 0 Å². The number of carbonyl (C=O) groups excluding carboxylic acids is 3. The van der Waals surface area contributed by atoms with Gasteiger partial charge in [0.15, 0.2) is 6.10 Å². The number of hydrogen-bond donors (Lipinski definition) is 4. The van der Waals surface area contributed by atoms with E-state index in [1.165, 1.54) is 6.08 Å². The van der Waals surface area contributed by atoms with Gasteiger partial charge in [-0.1, -0.05) is 43.2 Å². The zero-order valence-electron chi connectivity index (χ0n) is 17.3. The lowest BCUT2D eigenvalue weighted by atomic mass is 9.95. The lowest BCUT2D eigenvalue weighted by Crippen LogP contribution is -2.53. The van der Waals surface area contributed by atoms with Crippen LogP contribution in [0.2, 0.25) is 0 Å². The summed E-state index contributed by atoms with van der Waals surface area (Å²) in [5, 5.41) is 27.4. The molecule has 8 nitrogen and oxygen atoms in total. The summed E-state index contributed by atoms with van der Waals surface area (Å²) in [5.74, 6) is -0.978. The van der Waals surface area contributed by atoms with Crippen molar-refractivity contribution in [2.24, 2.45) is 11.8 Å². The molecule has 0 spiro atoms. The number of aliphatic hydroxyl groups excluding tert-OH is 1. The van der Waals surface area contributed by atoms with Crippen molar-refractivity contribution in [3.63, 3.8) is 0 Å². The fourth-order valence-electron chi connectivity index (χ4n) is 3.69. The number of nitrogens with one attached hydrogen (secondary N) is 3. The third-order valence-electron chi connectivity index (χ3n) is 5.67. The molecule has 8 heteroatoms. The molecule has 1 aromatic carbocycles. The van der Waals surface area contributed by atoms with Gasteiger partial charge in [0.05, 0.1) is 12.1 Å². The predicted octanol–water partition coefficient (Wildman–Crippen LogP) is 0.880. The molecule has 2 fully saturated rings. The van der Waals surface area contributed by atoms with Crippen LogP contribution in [-0.4, -0.2) is 47.6 Å². The van der Waals surface area contributed by atoms with Gasteiger partial charge in [-0.15, -0.1) is 0 Å². The zero-order valence-corrected chi connectivity index (χ0v) is 17.3. The van der Waals surface area contributed by atoms with E-state index in [0.29, 0.717) is 25.3 Å². The molecule has 1 aliphatic carbocycles. The van der Waals surface area contributed by atoms with E-state index in [4.69, 9.17) is 5.26 Å². The lowest BCUT2D eigenvalue weighted by Gasteiger charge is -2.25. The van der Waals surface area contributed by atoms with Gasteiger partial charge in [0, 0.05) is 18.5 Å². The summed E-state index contributed by atoms with van der Waals surface area (Å²) in [6.07, 6.45) is 4.89. The third-order valence-corrected chi connectivity index (χ3v) is 5.67. The molecule has 1 heterocycles. The molecule has 31 heavy (non-hydrogen) atoms. The topological polar surface area (TPSA) is 131 Å². The highest BCUT2D eigenvalue weighted by atomic mass is 16.3. The second-order valence-corrected chi connectivity index (χ2v) is 8.19. The average Bonchev–Trinajstić information content (AvgIpc) is 3.51. The molecule has 3 rings (SSSR count).